The van der Waals surface area contributed by atoms with Crippen molar-refractivity contribution in [1.29, 1.82) is 0 Å². The van der Waals surface area contributed by atoms with Gasteiger partial charge in [-0.3, -0.25) is 4.79 Å². The Balaban J connectivity index is 1.86. The van der Waals surface area contributed by atoms with Gasteiger partial charge in [-0.2, -0.15) is 0 Å². The van der Waals surface area contributed by atoms with Gasteiger partial charge in [0, 0.05) is 12.1 Å². The zero-order valence-electron chi connectivity index (χ0n) is 16.0. The Hall–Kier alpha value is -3.01. The molecule has 2 heterocycles. The molecule has 9 heteroatoms. The summed E-state index contributed by atoms with van der Waals surface area (Å²) in [5.41, 5.74) is 3.60. The number of aliphatic hydroxyl groups is 1. The molecule has 0 unspecified atom stereocenters. The number of amides is 1. The van der Waals surface area contributed by atoms with Gasteiger partial charge in [0.2, 0.25) is 0 Å². The lowest BCUT2D eigenvalue weighted by molar-refractivity contribution is -0.115. The van der Waals surface area contributed by atoms with Crippen LogP contribution in [0.15, 0.2) is 47.4 Å². The number of carbonyl (C=O) groups excluding carboxylic acids is 1. The third-order valence-corrected chi connectivity index (χ3v) is 5.56. The average Bonchev–Trinajstić information content (AvgIpc) is 3.08. The number of hydrogen-bond donors (Lipinski definition) is 3. The van der Waals surface area contributed by atoms with Gasteiger partial charge in [-0.1, -0.05) is 42.2 Å². The van der Waals surface area contributed by atoms with Gasteiger partial charge in [-0.05, 0) is 35.9 Å². The third-order valence-electron chi connectivity index (χ3n) is 4.39. The highest BCUT2D eigenvalue weighted by molar-refractivity contribution is 8.26. The first-order chi connectivity index (χ1) is 14.6. The minimum absolute atomic E-state index is 0.0382. The molecule has 0 aliphatic carbocycles. The number of nitrogens with one attached hydrogen (secondary N) is 2. The van der Waals surface area contributed by atoms with Crippen LogP contribution in [0.2, 0.25) is 0 Å². The lowest BCUT2D eigenvalue weighted by Gasteiger charge is -2.14. The fourth-order valence-corrected chi connectivity index (χ4v) is 4.10. The van der Waals surface area contributed by atoms with E-state index in [0.29, 0.717) is 33.0 Å². The molecule has 0 bridgehead atoms. The lowest BCUT2D eigenvalue weighted by Crippen LogP contribution is -2.17. The van der Waals surface area contributed by atoms with E-state index in [4.69, 9.17) is 21.9 Å². The Morgan fingerprint density at radius 2 is 2.00 bits per heavy atom. The number of aliphatic hydroxyl groups excluding tert-OH is 1. The second-order valence-electron chi connectivity index (χ2n) is 6.37. The van der Waals surface area contributed by atoms with Gasteiger partial charge in [0.1, 0.15) is 15.8 Å². The SMILES string of the molecule is COc1ccc(/C=C2\SC(=S)NC2=O)cc1-c1nc2ccccc2nc1NCCO. The van der Waals surface area contributed by atoms with Crippen LogP contribution >= 0.6 is 24.0 Å². The number of nitrogens with zero attached hydrogens (tertiary/aromatic N) is 2. The van der Waals surface area contributed by atoms with Crippen LogP contribution in [0.3, 0.4) is 0 Å². The summed E-state index contributed by atoms with van der Waals surface area (Å²) in [6.07, 6.45) is 1.78. The van der Waals surface area contributed by atoms with E-state index in [-0.39, 0.29) is 12.5 Å². The number of hydrogen-bond acceptors (Lipinski definition) is 8. The Morgan fingerprint density at radius 3 is 2.67 bits per heavy atom. The van der Waals surface area contributed by atoms with Crippen molar-refractivity contribution in [1.82, 2.24) is 15.3 Å². The van der Waals surface area contributed by atoms with E-state index >= 15 is 0 Å². The number of rotatable bonds is 6. The number of aromatic nitrogens is 2. The number of ether oxygens (including phenoxy) is 1. The number of fused-ring (bicyclic) bond motifs is 1. The molecule has 1 saturated heterocycles. The van der Waals surface area contributed by atoms with Crippen LogP contribution in [0.5, 0.6) is 5.75 Å². The molecule has 0 spiro atoms. The van der Waals surface area contributed by atoms with E-state index in [1.54, 1.807) is 13.2 Å². The molecule has 0 saturated carbocycles. The maximum Gasteiger partial charge on any atom is 0.263 e. The van der Waals surface area contributed by atoms with Crippen molar-refractivity contribution >= 4 is 57.1 Å². The molecular formula is C21H18N4O3S2. The zero-order valence-corrected chi connectivity index (χ0v) is 17.6. The van der Waals surface area contributed by atoms with Gasteiger partial charge >= 0.3 is 0 Å². The van der Waals surface area contributed by atoms with Gasteiger partial charge in [-0.25, -0.2) is 9.97 Å². The molecule has 0 radical (unpaired) electrons. The second kappa shape index (κ2) is 8.78. The smallest absolute Gasteiger partial charge is 0.263 e. The number of anilines is 1. The minimum Gasteiger partial charge on any atom is -0.496 e. The first-order valence-electron chi connectivity index (χ1n) is 9.14. The number of thioether (sulfide) groups is 1. The van der Waals surface area contributed by atoms with E-state index in [1.165, 1.54) is 11.8 Å². The van der Waals surface area contributed by atoms with Crippen molar-refractivity contribution in [2.24, 2.45) is 0 Å². The predicted octanol–water partition coefficient (Wildman–Crippen LogP) is 3.20. The van der Waals surface area contributed by atoms with Crippen LogP contribution in [0.1, 0.15) is 5.56 Å². The maximum atomic E-state index is 12.0. The Morgan fingerprint density at radius 1 is 1.23 bits per heavy atom. The van der Waals surface area contributed by atoms with Gasteiger partial charge in [0.25, 0.3) is 5.91 Å². The van der Waals surface area contributed by atoms with Gasteiger partial charge < -0.3 is 20.5 Å². The van der Waals surface area contributed by atoms with E-state index < -0.39 is 0 Å². The molecule has 0 atom stereocenters. The summed E-state index contributed by atoms with van der Waals surface area (Å²) < 4.78 is 6.00. The standard InChI is InChI=1S/C21H18N4O3S2/c1-28-16-7-6-12(11-17-20(27)25-21(29)30-17)10-13(16)18-19(22-8-9-26)24-15-5-3-2-4-14(15)23-18/h2-7,10-11,26H,8-9H2,1H3,(H,22,24)(H,25,27,29)/b17-11-. The summed E-state index contributed by atoms with van der Waals surface area (Å²) in [7, 11) is 1.59. The molecule has 1 aliphatic rings. The topological polar surface area (TPSA) is 96.4 Å². The number of methoxy groups -OCH3 is 1. The van der Waals surface area contributed by atoms with E-state index in [0.717, 1.165) is 22.2 Å². The summed E-state index contributed by atoms with van der Waals surface area (Å²) >= 11 is 6.29. The molecule has 4 rings (SSSR count). The molecule has 3 N–H and O–H groups in total. The highest BCUT2D eigenvalue weighted by Crippen LogP contribution is 2.36. The molecule has 152 valence electrons. The maximum absolute atomic E-state index is 12.0. The summed E-state index contributed by atoms with van der Waals surface area (Å²) in [5.74, 6) is 0.950. The largest absolute Gasteiger partial charge is 0.496 e. The van der Waals surface area contributed by atoms with Crippen molar-refractivity contribution in [3.8, 4) is 17.0 Å². The molecule has 2 aromatic carbocycles. The highest BCUT2D eigenvalue weighted by atomic mass is 32.2. The van der Waals surface area contributed by atoms with E-state index in [2.05, 4.69) is 15.6 Å². The van der Waals surface area contributed by atoms with Crippen molar-refractivity contribution in [2.45, 2.75) is 0 Å². The molecule has 1 fully saturated rings. The van der Waals surface area contributed by atoms with E-state index in [1.807, 2.05) is 42.5 Å². The third kappa shape index (κ3) is 4.13. The zero-order chi connectivity index (χ0) is 21.1. The second-order valence-corrected chi connectivity index (χ2v) is 8.09. The number of thiocarbonyl (C=S) groups is 1. The number of carbonyl (C=O) groups is 1. The molecule has 1 amide bonds. The van der Waals surface area contributed by atoms with Gasteiger partial charge in [0.05, 0.1) is 29.7 Å². The van der Waals surface area contributed by atoms with Gasteiger partial charge in [-0.15, -0.1) is 0 Å². The van der Waals surface area contributed by atoms with Crippen LogP contribution in [-0.2, 0) is 4.79 Å². The molecule has 30 heavy (non-hydrogen) atoms. The Labute approximate surface area is 182 Å². The van der Waals surface area contributed by atoms with Crippen LogP contribution in [0.25, 0.3) is 28.4 Å². The van der Waals surface area contributed by atoms with Gasteiger partial charge in [0.15, 0.2) is 5.82 Å². The molecule has 3 aromatic rings. The molecular weight excluding hydrogens is 420 g/mol. The normalized spacial score (nSPS) is 14.9. The summed E-state index contributed by atoms with van der Waals surface area (Å²) in [4.78, 5) is 22.0. The fraction of sp³-hybridized carbons (Fsp3) is 0.143. The number of para-hydroxylation sites is 2. The first-order valence-corrected chi connectivity index (χ1v) is 10.4. The first kappa shape index (κ1) is 20.3. The van der Waals surface area contributed by atoms with Crippen molar-refractivity contribution < 1.29 is 14.6 Å². The molecule has 1 aromatic heterocycles. The summed E-state index contributed by atoms with van der Waals surface area (Å²) in [6.45, 7) is 0.295. The summed E-state index contributed by atoms with van der Waals surface area (Å²) in [5, 5.41) is 15.0. The van der Waals surface area contributed by atoms with Crippen LogP contribution < -0.4 is 15.4 Å². The fourth-order valence-electron chi connectivity index (χ4n) is 3.06. The Kier molecular flexibility index (Phi) is 5.93. The minimum atomic E-state index is -0.210. The van der Waals surface area contributed by atoms with Crippen LogP contribution in [0.4, 0.5) is 5.82 Å². The predicted molar refractivity (Wildman–Crippen MR) is 123 cm³/mol. The summed E-state index contributed by atoms with van der Waals surface area (Å²) in [6, 6.07) is 13.1. The number of benzene rings is 2. The highest BCUT2D eigenvalue weighted by Gasteiger charge is 2.22. The van der Waals surface area contributed by atoms with Crippen molar-refractivity contribution in [2.75, 3.05) is 25.6 Å². The van der Waals surface area contributed by atoms with Crippen molar-refractivity contribution in [3.05, 3.63) is 52.9 Å². The van der Waals surface area contributed by atoms with Crippen LogP contribution in [0, 0.1) is 0 Å². The average molecular weight is 439 g/mol. The lowest BCUT2D eigenvalue weighted by atomic mass is 10.0. The van der Waals surface area contributed by atoms with Crippen molar-refractivity contribution in [3.63, 3.8) is 0 Å². The molecule has 7 nitrogen and oxygen atoms in total. The monoisotopic (exact) mass is 438 g/mol. The quantitative estimate of drug-likeness (QED) is 0.399. The molecule has 1 aliphatic heterocycles. The van der Waals surface area contributed by atoms with Crippen LogP contribution in [-0.4, -0.2) is 45.6 Å². The Bertz CT molecular complexity index is 1180. The van der Waals surface area contributed by atoms with E-state index in [9.17, 15) is 9.90 Å².